The third-order valence-electron chi connectivity index (χ3n) is 5.13. The lowest BCUT2D eigenvalue weighted by Gasteiger charge is -2.42. The normalized spacial score (nSPS) is 31.0. The second kappa shape index (κ2) is 6.75. The van der Waals surface area contributed by atoms with E-state index < -0.39 is 0 Å². The van der Waals surface area contributed by atoms with Crippen LogP contribution < -0.4 is 10.6 Å². The lowest BCUT2D eigenvalue weighted by atomic mass is 9.88. The predicted molar refractivity (Wildman–Crippen MR) is 85.3 cm³/mol. The number of nitrogens with two attached hydrogens (primary N) is 1. The number of nitrogens with zero attached hydrogens (tertiary/aromatic N) is 2. The van der Waals surface area contributed by atoms with Crippen LogP contribution in [0.4, 0.5) is 5.82 Å². The van der Waals surface area contributed by atoms with Gasteiger partial charge in [-0.2, -0.15) is 0 Å². The van der Waals surface area contributed by atoms with Crippen molar-refractivity contribution in [2.75, 3.05) is 18.1 Å². The Hall–Kier alpha value is -1.13. The molecule has 0 amide bonds. The van der Waals surface area contributed by atoms with Crippen LogP contribution in [-0.2, 0) is 4.74 Å². The number of rotatable bonds is 4. The van der Waals surface area contributed by atoms with Crippen LogP contribution in [0.1, 0.15) is 39.0 Å². The van der Waals surface area contributed by atoms with Crippen molar-refractivity contribution in [1.82, 2.24) is 4.98 Å². The molecule has 116 valence electrons. The van der Waals surface area contributed by atoms with Crippen molar-refractivity contribution in [2.45, 2.75) is 57.2 Å². The van der Waals surface area contributed by atoms with Gasteiger partial charge in [-0.1, -0.05) is 6.07 Å². The SMILES string of the molecule is CC(C1CCOC1)N(c1ccccn1)C1CCC(N)CC1. The average molecular weight is 289 g/mol. The maximum atomic E-state index is 6.08. The first kappa shape index (κ1) is 14.8. The highest BCUT2D eigenvalue weighted by Crippen LogP contribution is 2.31. The Morgan fingerprint density at radius 3 is 2.67 bits per heavy atom. The number of anilines is 1. The highest BCUT2D eigenvalue weighted by Gasteiger charge is 2.33. The minimum absolute atomic E-state index is 0.386. The molecule has 4 heteroatoms. The van der Waals surface area contributed by atoms with Crippen LogP contribution in [0.15, 0.2) is 24.4 Å². The highest BCUT2D eigenvalue weighted by molar-refractivity contribution is 5.41. The van der Waals surface area contributed by atoms with Gasteiger partial charge in [0, 0.05) is 36.8 Å². The molecule has 2 N–H and O–H groups in total. The third-order valence-corrected chi connectivity index (χ3v) is 5.13. The molecule has 1 saturated heterocycles. The van der Waals surface area contributed by atoms with Crippen LogP contribution in [-0.4, -0.2) is 36.3 Å². The molecule has 4 nitrogen and oxygen atoms in total. The van der Waals surface area contributed by atoms with Crippen LogP contribution in [0.5, 0.6) is 0 Å². The number of hydrogen-bond donors (Lipinski definition) is 1. The molecule has 2 unspecified atom stereocenters. The second-order valence-electron chi connectivity index (χ2n) is 6.53. The molecule has 1 aromatic rings. The van der Waals surface area contributed by atoms with Gasteiger partial charge in [-0.15, -0.1) is 0 Å². The summed E-state index contributed by atoms with van der Waals surface area (Å²) in [6, 6.07) is 7.64. The Bertz CT molecular complexity index is 425. The Labute approximate surface area is 127 Å². The average Bonchev–Trinajstić information content (AvgIpc) is 3.05. The van der Waals surface area contributed by atoms with E-state index in [0.717, 1.165) is 38.3 Å². The molecule has 2 heterocycles. The van der Waals surface area contributed by atoms with Gasteiger partial charge in [-0.3, -0.25) is 0 Å². The Balaban J connectivity index is 1.80. The molecule has 3 rings (SSSR count). The lowest BCUT2D eigenvalue weighted by Crippen LogP contribution is -2.49. The van der Waals surface area contributed by atoms with Gasteiger partial charge in [0.05, 0.1) is 6.61 Å². The minimum Gasteiger partial charge on any atom is -0.381 e. The summed E-state index contributed by atoms with van der Waals surface area (Å²) in [5, 5.41) is 0. The molecule has 1 saturated carbocycles. The van der Waals surface area contributed by atoms with Gasteiger partial charge in [0.2, 0.25) is 0 Å². The number of ether oxygens (including phenoxy) is 1. The molecule has 2 atom stereocenters. The number of pyridine rings is 1. The van der Waals surface area contributed by atoms with Crippen molar-refractivity contribution in [3.63, 3.8) is 0 Å². The molecule has 1 aliphatic carbocycles. The maximum absolute atomic E-state index is 6.08. The lowest BCUT2D eigenvalue weighted by molar-refractivity contribution is 0.179. The first-order valence-electron chi connectivity index (χ1n) is 8.28. The van der Waals surface area contributed by atoms with E-state index in [2.05, 4.69) is 28.9 Å². The van der Waals surface area contributed by atoms with Gasteiger partial charge in [-0.25, -0.2) is 4.98 Å². The summed E-state index contributed by atoms with van der Waals surface area (Å²) in [4.78, 5) is 7.17. The van der Waals surface area contributed by atoms with E-state index in [1.165, 1.54) is 12.8 Å². The van der Waals surface area contributed by atoms with E-state index in [1.54, 1.807) is 0 Å². The van der Waals surface area contributed by atoms with Crippen molar-refractivity contribution in [1.29, 1.82) is 0 Å². The Morgan fingerprint density at radius 2 is 2.05 bits per heavy atom. The van der Waals surface area contributed by atoms with Crippen LogP contribution in [0.2, 0.25) is 0 Å². The zero-order chi connectivity index (χ0) is 14.7. The third kappa shape index (κ3) is 3.38. The van der Waals surface area contributed by atoms with Crippen molar-refractivity contribution in [3.05, 3.63) is 24.4 Å². The van der Waals surface area contributed by atoms with Gasteiger partial charge >= 0.3 is 0 Å². The van der Waals surface area contributed by atoms with E-state index in [0.29, 0.717) is 24.0 Å². The predicted octanol–water partition coefficient (Wildman–Crippen LogP) is 2.58. The zero-order valence-electron chi connectivity index (χ0n) is 12.9. The monoisotopic (exact) mass is 289 g/mol. The summed E-state index contributed by atoms with van der Waals surface area (Å²) in [6.45, 7) is 4.12. The van der Waals surface area contributed by atoms with Gasteiger partial charge in [0.15, 0.2) is 0 Å². The van der Waals surface area contributed by atoms with Crippen molar-refractivity contribution in [3.8, 4) is 0 Å². The van der Waals surface area contributed by atoms with E-state index in [4.69, 9.17) is 10.5 Å². The first-order chi connectivity index (χ1) is 10.3. The number of hydrogen-bond acceptors (Lipinski definition) is 4. The van der Waals surface area contributed by atoms with Crippen LogP contribution in [0.3, 0.4) is 0 Å². The first-order valence-corrected chi connectivity index (χ1v) is 8.28. The number of aromatic nitrogens is 1. The molecule has 21 heavy (non-hydrogen) atoms. The summed E-state index contributed by atoms with van der Waals surface area (Å²) in [5.74, 6) is 1.72. The van der Waals surface area contributed by atoms with Crippen LogP contribution >= 0.6 is 0 Å². The fourth-order valence-corrected chi connectivity index (χ4v) is 3.77. The molecule has 0 spiro atoms. The van der Waals surface area contributed by atoms with E-state index in [-0.39, 0.29) is 0 Å². The summed E-state index contributed by atoms with van der Waals surface area (Å²) in [5.41, 5.74) is 6.08. The van der Waals surface area contributed by atoms with Gasteiger partial charge in [-0.05, 0) is 51.2 Å². The quantitative estimate of drug-likeness (QED) is 0.925. The smallest absolute Gasteiger partial charge is 0.128 e. The summed E-state index contributed by atoms with van der Waals surface area (Å²) in [7, 11) is 0. The maximum Gasteiger partial charge on any atom is 0.128 e. The van der Waals surface area contributed by atoms with E-state index in [1.807, 2.05) is 12.3 Å². The van der Waals surface area contributed by atoms with Crippen molar-refractivity contribution >= 4 is 5.82 Å². The standard InChI is InChI=1S/C17H27N3O/c1-13(14-9-11-21-12-14)20(17-4-2-3-10-19-17)16-7-5-15(18)6-8-16/h2-4,10,13-16H,5-9,11-12,18H2,1H3. The molecule has 0 bridgehead atoms. The van der Waals surface area contributed by atoms with Crippen molar-refractivity contribution in [2.24, 2.45) is 11.7 Å². The largest absolute Gasteiger partial charge is 0.381 e. The Kier molecular flexibility index (Phi) is 4.76. The molecule has 0 radical (unpaired) electrons. The highest BCUT2D eigenvalue weighted by atomic mass is 16.5. The summed E-state index contributed by atoms with van der Waals surface area (Å²) in [6.07, 6.45) is 7.67. The van der Waals surface area contributed by atoms with Crippen LogP contribution in [0.25, 0.3) is 0 Å². The molecule has 2 aliphatic rings. The van der Waals surface area contributed by atoms with Gasteiger partial charge in [0.25, 0.3) is 0 Å². The van der Waals surface area contributed by atoms with Crippen LogP contribution in [0, 0.1) is 5.92 Å². The molecule has 0 aromatic carbocycles. The molecule has 1 aromatic heterocycles. The topological polar surface area (TPSA) is 51.4 Å². The summed E-state index contributed by atoms with van der Waals surface area (Å²) < 4.78 is 5.60. The zero-order valence-corrected chi connectivity index (χ0v) is 12.9. The van der Waals surface area contributed by atoms with Crippen molar-refractivity contribution < 1.29 is 4.74 Å². The summed E-state index contributed by atoms with van der Waals surface area (Å²) >= 11 is 0. The molecular formula is C17H27N3O. The minimum atomic E-state index is 0.386. The van der Waals surface area contributed by atoms with Gasteiger partial charge < -0.3 is 15.4 Å². The fourth-order valence-electron chi connectivity index (χ4n) is 3.77. The Morgan fingerprint density at radius 1 is 1.24 bits per heavy atom. The molecular weight excluding hydrogens is 262 g/mol. The second-order valence-corrected chi connectivity index (χ2v) is 6.53. The fraction of sp³-hybridized carbons (Fsp3) is 0.706. The van der Waals surface area contributed by atoms with E-state index >= 15 is 0 Å². The molecule has 2 fully saturated rings. The van der Waals surface area contributed by atoms with E-state index in [9.17, 15) is 0 Å². The molecule has 1 aliphatic heterocycles. The van der Waals surface area contributed by atoms with Gasteiger partial charge in [0.1, 0.15) is 5.82 Å².